The van der Waals surface area contributed by atoms with Crippen molar-refractivity contribution in [3.63, 3.8) is 0 Å². The number of hydrogen-bond acceptors (Lipinski definition) is 3. The lowest BCUT2D eigenvalue weighted by Gasteiger charge is -2.11. The highest BCUT2D eigenvalue weighted by Gasteiger charge is 2.07. The summed E-state index contributed by atoms with van der Waals surface area (Å²) >= 11 is 0. The van der Waals surface area contributed by atoms with Gasteiger partial charge >= 0.3 is 5.97 Å². The third kappa shape index (κ3) is 5.24. The van der Waals surface area contributed by atoms with Gasteiger partial charge in [-0.25, -0.2) is 4.79 Å². The quantitative estimate of drug-likeness (QED) is 0.770. The minimum atomic E-state index is -1.01. The molecule has 0 aliphatic heterocycles. The summed E-state index contributed by atoms with van der Waals surface area (Å²) in [7, 11) is 3.87. The number of hydrogen-bond donors (Lipinski definition) is 2. The van der Waals surface area contributed by atoms with Crippen LogP contribution in [0.2, 0.25) is 0 Å². The van der Waals surface area contributed by atoms with Crippen molar-refractivity contribution in [2.75, 3.05) is 27.2 Å². The van der Waals surface area contributed by atoms with Crippen LogP contribution in [0.15, 0.2) is 24.3 Å². The Morgan fingerprint density at radius 1 is 1.35 bits per heavy atom. The van der Waals surface area contributed by atoms with Crippen molar-refractivity contribution in [1.29, 1.82) is 0 Å². The lowest BCUT2D eigenvalue weighted by atomic mass is 10.0. The highest BCUT2D eigenvalue weighted by molar-refractivity contribution is 5.95. The first-order chi connectivity index (χ1) is 9.40. The molecule has 5 nitrogen and oxygen atoms in total. The monoisotopic (exact) mass is 276 g/mol. The Morgan fingerprint density at radius 2 is 2.05 bits per heavy atom. The highest BCUT2D eigenvalue weighted by Crippen LogP contribution is 2.13. The SMILES string of the molecule is Cc1ccc(C(=O)NCCN(C)C)cc1/C=C/C(=O)O. The van der Waals surface area contributed by atoms with Gasteiger partial charge in [0.2, 0.25) is 0 Å². The Kier molecular flexibility index (Phi) is 5.93. The van der Waals surface area contributed by atoms with Crippen molar-refractivity contribution in [1.82, 2.24) is 10.2 Å². The first-order valence-corrected chi connectivity index (χ1v) is 6.34. The van der Waals surface area contributed by atoms with Crippen molar-refractivity contribution < 1.29 is 14.7 Å². The fourth-order valence-corrected chi connectivity index (χ4v) is 1.62. The summed E-state index contributed by atoms with van der Waals surface area (Å²) in [5, 5.41) is 11.5. The van der Waals surface area contributed by atoms with Crippen LogP contribution in [0.3, 0.4) is 0 Å². The minimum absolute atomic E-state index is 0.156. The molecular formula is C15H20N2O3. The lowest BCUT2D eigenvalue weighted by molar-refractivity contribution is -0.131. The van der Waals surface area contributed by atoms with Gasteiger partial charge in [0.1, 0.15) is 0 Å². The second-order valence-electron chi connectivity index (χ2n) is 4.80. The van der Waals surface area contributed by atoms with Gasteiger partial charge in [-0.1, -0.05) is 6.07 Å². The summed E-state index contributed by atoms with van der Waals surface area (Å²) in [5.41, 5.74) is 2.18. The molecule has 2 N–H and O–H groups in total. The molecule has 1 aromatic carbocycles. The maximum absolute atomic E-state index is 12.0. The number of carbonyl (C=O) groups is 2. The van der Waals surface area contributed by atoms with Crippen LogP contribution in [-0.2, 0) is 4.79 Å². The number of aryl methyl sites for hydroxylation is 1. The van der Waals surface area contributed by atoms with Gasteiger partial charge in [-0.2, -0.15) is 0 Å². The molecule has 0 aliphatic carbocycles. The Hall–Kier alpha value is -2.14. The van der Waals surface area contributed by atoms with E-state index in [9.17, 15) is 9.59 Å². The number of carboxylic acids is 1. The number of benzene rings is 1. The molecule has 1 aromatic rings. The van der Waals surface area contributed by atoms with E-state index in [4.69, 9.17) is 5.11 Å². The normalized spacial score (nSPS) is 11.0. The largest absolute Gasteiger partial charge is 0.478 e. The molecule has 1 amide bonds. The lowest BCUT2D eigenvalue weighted by Crippen LogP contribution is -2.31. The van der Waals surface area contributed by atoms with E-state index in [0.29, 0.717) is 12.1 Å². The first-order valence-electron chi connectivity index (χ1n) is 6.34. The Balaban J connectivity index is 2.78. The van der Waals surface area contributed by atoms with Crippen LogP contribution in [0.5, 0.6) is 0 Å². The molecule has 1 rings (SSSR count). The van der Waals surface area contributed by atoms with Gasteiger partial charge in [0.15, 0.2) is 0 Å². The van der Waals surface area contributed by atoms with Crippen LogP contribution in [0.25, 0.3) is 6.08 Å². The van der Waals surface area contributed by atoms with Crippen LogP contribution >= 0.6 is 0 Å². The molecule has 20 heavy (non-hydrogen) atoms. The highest BCUT2D eigenvalue weighted by atomic mass is 16.4. The third-order valence-electron chi connectivity index (χ3n) is 2.79. The maximum atomic E-state index is 12.0. The maximum Gasteiger partial charge on any atom is 0.328 e. The summed E-state index contributed by atoms with van der Waals surface area (Å²) in [5.74, 6) is -1.16. The number of aliphatic carboxylic acids is 1. The average molecular weight is 276 g/mol. The molecule has 0 fully saturated rings. The molecule has 0 saturated heterocycles. The summed E-state index contributed by atoms with van der Waals surface area (Å²) in [6.45, 7) is 3.21. The molecule has 5 heteroatoms. The van der Waals surface area contributed by atoms with E-state index in [1.165, 1.54) is 6.08 Å². The van der Waals surface area contributed by atoms with Gasteiger partial charge in [0.05, 0.1) is 0 Å². The summed E-state index contributed by atoms with van der Waals surface area (Å²) in [6, 6.07) is 5.24. The van der Waals surface area contributed by atoms with Gasteiger partial charge in [-0.3, -0.25) is 4.79 Å². The molecule has 0 aromatic heterocycles. The minimum Gasteiger partial charge on any atom is -0.478 e. The second-order valence-corrected chi connectivity index (χ2v) is 4.80. The standard InChI is InChI=1S/C15H20N2O3/c1-11-4-5-13(10-12(11)6-7-14(18)19)15(20)16-8-9-17(2)3/h4-7,10H,8-9H2,1-3H3,(H,16,20)(H,18,19)/b7-6+. The fraction of sp³-hybridized carbons (Fsp3) is 0.333. The summed E-state index contributed by atoms with van der Waals surface area (Å²) in [4.78, 5) is 24.5. The van der Waals surface area contributed by atoms with E-state index in [0.717, 1.165) is 23.7 Å². The molecule has 0 spiro atoms. The molecule has 0 atom stereocenters. The van der Waals surface area contributed by atoms with Crippen molar-refractivity contribution in [2.45, 2.75) is 6.92 Å². The number of likely N-dealkylation sites (N-methyl/N-ethyl adjacent to an activating group) is 1. The smallest absolute Gasteiger partial charge is 0.328 e. The molecule has 0 unspecified atom stereocenters. The van der Waals surface area contributed by atoms with E-state index in [-0.39, 0.29) is 5.91 Å². The van der Waals surface area contributed by atoms with Crippen LogP contribution < -0.4 is 5.32 Å². The van der Waals surface area contributed by atoms with E-state index >= 15 is 0 Å². The van der Waals surface area contributed by atoms with Crippen LogP contribution in [-0.4, -0.2) is 49.1 Å². The van der Waals surface area contributed by atoms with Crippen molar-refractivity contribution >= 4 is 18.0 Å². The topological polar surface area (TPSA) is 69.6 Å². The van der Waals surface area contributed by atoms with Crippen LogP contribution in [0, 0.1) is 6.92 Å². The zero-order valence-corrected chi connectivity index (χ0v) is 12.0. The summed E-state index contributed by atoms with van der Waals surface area (Å²) < 4.78 is 0. The van der Waals surface area contributed by atoms with Gasteiger partial charge in [0, 0.05) is 24.7 Å². The zero-order chi connectivity index (χ0) is 15.1. The number of carboxylic acid groups (broad SMARTS) is 1. The van der Waals surface area contributed by atoms with Crippen LogP contribution in [0.4, 0.5) is 0 Å². The van der Waals surface area contributed by atoms with Crippen molar-refractivity contribution in [2.24, 2.45) is 0 Å². The molecule has 0 bridgehead atoms. The van der Waals surface area contributed by atoms with Crippen molar-refractivity contribution in [3.8, 4) is 0 Å². The van der Waals surface area contributed by atoms with Crippen LogP contribution in [0.1, 0.15) is 21.5 Å². The Morgan fingerprint density at radius 3 is 2.65 bits per heavy atom. The molecule has 0 saturated carbocycles. The average Bonchev–Trinajstić information content (AvgIpc) is 2.37. The fourth-order valence-electron chi connectivity index (χ4n) is 1.62. The molecule has 108 valence electrons. The zero-order valence-electron chi connectivity index (χ0n) is 12.0. The van der Waals surface area contributed by atoms with Gasteiger partial charge in [-0.15, -0.1) is 0 Å². The molecule has 0 aliphatic rings. The molecular weight excluding hydrogens is 256 g/mol. The van der Waals surface area contributed by atoms with E-state index in [2.05, 4.69) is 5.32 Å². The first kappa shape index (κ1) is 15.9. The number of amides is 1. The number of rotatable bonds is 6. The summed E-state index contributed by atoms with van der Waals surface area (Å²) in [6.07, 6.45) is 2.56. The van der Waals surface area contributed by atoms with E-state index in [1.807, 2.05) is 32.0 Å². The van der Waals surface area contributed by atoms with E-state index < -0.39 is 5.97 Å². The van der Waals surface area contributed by atoms with Crippen molar-refractivity contribution in [3.05, 3.63) is 41.0 Å². The van der Waals surface area contributed by atoms with E-state index in [1.54, 1.807) is 12.1 Å². The molecule has 0 radical (unpaired) electrons. The molecule has 0 heterocycles. The number of carbonyl (C=O) groups excluding carboxylic acids is 1. The number of nitrogens with zero attached hydrogens (tertiary/aromatic N) is 1. The predicted molar refractivity (Wildman–Crippen MR) is 78.7 cm³/mol. The van der Waals surface area contributed by atoms with Gasteiger partial charge < -0.3 is 15.3 Å². The Labute approximate surface area is 118 Å². The number of nitrogens with one attached hydrogen (secondary N) is 1. The predicted octanol–water partition coefficient (Wildman–Crippen LogP) is 1.38. The Bertz CT molecular complexity index is 522. The van der Waals surface area contributed by atoms with Gasteiger partial charge in [0.25, 0.3) is 5.91 Å². The second kappa shape index (κ2) is 7.45. The van der Waals surface area contributed by atoms with Gasteiger partial charge in [-0.05, 0) is 50.4 Å². The third-order valence-corrected chi connectivity index (χ3v) is 2.79.